The van der Waals surface area contributed by atoms with Crippen LogP contribution in [0.3, 0.4) is 0 Å². The van der Waals surface area contributed by atoms with E-state index in [1.807, 2.05) is 24.3 Å². The summed E-state index contributed by atoms with van der Waals surface area (Å²) in [5.41, 5.74) is 7.01. The van der Waals surface area contributed by atoms with Crippen LogP contribution < -0.4 is 20.5 Å². The SMILES string of the molecule is COc1cc(OC)cc(C(=O)N/C(N)=N\c2nc3ccccc3s2)c1. The number of para-hydroxylation sites is 1. The highest BCUT2D eigenvalue weighted by atomic mass is 32.1. The van der Waals surface area contributed by atoms with E-state index in [4.69, 9.17) is 15.2 Å². The number of hydrogen-bond acceptors (Lipinski definition) is 6. The van der Waals surface area contributed by atoms with Crippen LogP contribution in [0.2, 0.25) is 0 Å². The number of aliphatic imine (C=N–C) groups is 1. The van der Waals surface area contributed by atoms with E-state index in [9.17, 15) is 4.79 Å². The van der Waals surface area contributed by atoms with Crippen LogP contribution in [0.15, 0.2) is 47.5 Å². The first-order chi connectivity index (χ1) is 12.1. The third-order valence-electron chi connectivity index (χ3n) is 3.35. The van der Waals surface area contributed by atoms with E-state index in [0.29, 0.717) is 22.2 Å². The lowest BCUT2D eigenvalue weighted by Crippen LogP contribution is -2.36. The Balaban J connectivity index is 1.79. The number of amides is 1. The molecule has 0 aliphatic rings. The van der Waals surface area contributed by atoms with Gasteiger partial charge in [0.15, 0.2) is 0 Å². The Hall–Kier alpha value is -3.13. The molecule has 8 heteroatoms. The number of carbonyl (C=O) groups excluding carboxylic acids is 1. The molecule has 0 aliphatic heterocycles. The predicted molar refractivity (Wildman–Crippen MR) is 97.9 cm³/mol. The largest absolute Gasteiger partial charge is 0.497 e. The van der Waals surface area contributed by atoms with Crippen LogP contribution in [0.4, 0.5) is 5.13 Å². The van der Waals surface area contributed by atoms with Gasteiger partial charge in [0.2, 0.25) is 11.1 Å². The molecule has 0 bridgehead atoms. The van der Waals surface area contributed by atoms with E-state index in [1.165, 1.54) is 25.6 Å². The smallest absolute Gasteiger partial charge is 0.258 e. The zero-order chi connectivity index (χ0) is 17.8. The van der Waals surface area contributed by atoms with Gasteiger partial charge < -0.3 is 15.2 Å². The van der Waals surface area contributed by atoms with Crippen LogP contribution in [0.25, 0.3) is 10.2 Å². The number of methoxy groups -OCH3 is 2. The maximum absolute atomic E-state index is 12.4. The van der Waals surface area contributed by atoms with Crippen molar-refractivity contribution in [3.05, 3.63) is 48.0 Å². The molecule has 0 aliphatic carbocycles. The lowest BCUT2D eigenvalue weighted by atomic mass is 10.2. The van der Waals surface area contributed by atoms with Gasteiger partial charge in [-0.3, -0.25) is 10.1 Å². The first kappa shape index (κ1) is 16.7. The van der Waals surface area contributed by atoms with E-state index >= 15 is 0 Å². The molecular formula is C17H16N4O3S. The van der Waals surface area contributed by atoms with E-state index in [0.717, 1.165) is 10.2 Å². The molecule has 0 spiro atoms. The lowest BCUT2D eigenvalue weighted by molar-refractivity contribution is 0.0976. The second kappa shape index (κ2) is 7.18. The predicted octanol–water partition coefficient (Wildman–Crippen LogP) is 2.69. The summed E-state index contributed by atoms with van der Waals surface area (Å²) in [6, 6.07) is 12.5. The van der Waals surface area contributed by atoms with Gasteiger partial charge in [-0.15, -0.1) is 0 Å². The third-order valence-corrected chi connectivity index (χ3v) is 4.28. The van der Waals surface area contributed by atoms with Crippen molar-refractivity contribution in [2.45, 2.75) is 0 Å². The molecule has 1 aromatic heterocycles. The highest BCUT2D eigenvalue weighted by molar-refractivity contribution is 7.22. The van der Waals surface area contributed by atoms with Gasteiger partial charge in [-0.1, -0.05) is 23.5 Å². The fraction of sp³-hybridized carbons (Fsp3) is 0.118. The minimum atomic E-state index is -0.417. The van der Waals surface area contributed by atoms with Crippen molar-refractivity contribution >= 4 is 38.6 Å². The summed E-state index contributed by atoms with van der Waals surface area (Å²) in [4.78, 5) is 20.9. The molecule has 3 N–H and O–H groups in total. The molecule has 0 saturated carbocycles. The van der Waals surface area contributed by atoms with Crippen LogP contribution in [0, 0.1) is 0 Å². The Morgan fingerprint density at radius 3 is 2.48 bits per heavy atom. The molecular weight excluding hydrogens is 340 g/mol. The van der Waals surface area contributed by atoms with Gasteiger partial charge in [-0.2, -0.15) is 4.99 Å². The quantitative estimate of drug-likeness (QED) is 0.553. The van der Waals surface area contributed by atoms with Crippen molar-refractivity contribution in [2.24, 2.45) is 10.7 Å². The number of guanidine groups is 1. The second-order valence-corrected chi connectivity index (χ2v) is 6.03. The molecule has 0 saturated heterocycles. The Morgan fingerprint density at radius 1 is 1.16 bits per heavy atom. The van der Waals surface area contributed by atoms with E-state index in [2.05, 4.69) is 15.3 Å². The molecule has 1 amide bonds. The number of carbonyl (C=O) groups is 1. The van der Waals surface area contributed by atoms with E-state index in [1.54, 1.807) is 18.2 Å². The minimum absolute atomic E-state index is 0.0363. The van der Waals surface area contributed by atoms with Crippen molar-refractivity contribution in [1.29, 1.82) is 0 Å². The number of thiazole rings is 1. The fourth-order valence-corrected chi connectivity index (χ4v) is 3.02. The van der Waals surface area contributed by atoms with Crippen molar-refractivity contribution in [1.82, 2.24) is 10.3 Å². The molecule has 0 radical (unpaired) electrons. The van der Waals surface area contributed by atoms with Crippen molar-refractivity contribution < 1.29 is 14.3 Å². The highest BCUT2D eigenvalue weighted by Crippen LogP contribution is 2.27. The zero-order valence-corrected chi connectivity index (χ0v) is 14.5. The van der Waals surface area contributed by atoms with E-state index in [-0.39, 0.29) is 5.96 Å². The summed E-state index contributed by atoms with van der Waals surface area (Å²) in [7, 11) is 3.03. The van der Waals surface area contributed by atoms with E-state index < -0.39 is 5.91 Å². The number of nitrogens with one attached hydrogen (secondary N) is 1. The van der Waals surface area contributed by atoms with Gasteiger partial charge in [-0.05, 0) is 24.3 Å². The first-order valence-electron chi connectivity index (χ1n) is 7.33. The Kier molecular flexibility index (Phi) is 4.80. The minimum Gasteiger partial charge on any atom is -0.497 e. The molecule has 2 aromatic carbocycles. The second-order valence-electron chi connectivity index (χ2n) is 5.02. The Morgan fingerprint density at radius 2 is 1.84 bits per heavy atom. The van der Waals surface area contributed by atoms with Crippen LogP contribution in [-0.4, -0.2) is 31.1 Å². The summed E-state index contributed by atoms with van der Waals surface area (Å²) in [6.07, 6.45) is 0. The van der Waals surface area contributed by atoms with Crippen molar-refractivity contribution in [2.75, 3.05) is 14.2 Å². The third kappa shape index (κ3) is 3.86. The number of ether oxygens (including phenoxy) is 2. The fourth-order valence-electron chi connectivity index (χ4n) is 2.17. The topological polar surface area (TPSA) is 98.8 Å². The molecule has 7 nitrogen and oxygen atoms in total. The zero-order valence-electron chi connectivity index (χ0n) is 13.6. The lowest BCUT2D eigenvalue weighted by Gasteiger charge is -2.08. The molecule has 0 unspecified atom stereocenters. The highest BCUT2D eigenvalue weighted by Gasteiger charge is 2.11. The standard InChI is InChI=1S/C17H16N4O3S/c1-23-11-7-10(8-12(9-11)24-2)15(22)20-16(18)21-17-19-13-5-3-4-6-14(13)25-17/h3-9H,1-2H3,(H3,18,19,20,21,22). The maximum atomic E-state index is 12.4. The number of hydrogen-bond donors (Lipinski definition) is 2. The van der Waals surface area contributed by atoms with Crippen LogP contribution in [-0.2, 0) is 0 Å². The summed E-state index contributed by atoms with van der Waals surface area (Å²) in [5, 5.41) is 3.01. The summed E-state index contributed by atoms with van der Waals surface area (Å²) in [5.74, 6) is 0.558. The molecule has 128 valence electrons. The van der Waals surface area contributed by atoms with Crippen LogP contribution in [0.5, 0.6) is 11.5 Å². The average Bonchev–Trinajstić information content (AvgIpc) is 3.03. The Bertz CT molecular complexity index is 897. The number of aromatic nitrogens is 1. The number of fused-ring (bicyclic) bond motifs is 1. The molecule has 3 aromatic rings. The number of benzene rings is 2. The molecule has 0 atom stereocenters. The summed E-state index contributed by atoms with van der Waals surface area (Å²) in [6.45, 7) is 0. The van der Waals surface area contributed by atoms with Crippen LogP contribution in [0.1, 0.15) is 10.4 Å². The van der Waals surface area contributed by atoms with Gasteiger partial charge in [0.05, 0.1) is 24.4 Å². The molecule has 25 heavy (non-hydrogen) atoms. The van der Waals surface area contributed by atoms with Gasteiger partial charge in [0.25, 0.3) is 5.91 Å². The average molecular weight is 356 g/mol. The molecule has 0 fully saturated rings. The van der Waals surface area contributed by atoms with Gasteiger partial charge in [0.1, 0.15) is 11.5 Å². The summed E-state index contributed by atoms with van der Waals surface area (Å²) >= 11 is 1.39. The van der Waals surface area contributed by atoms with Gasteiger partial charge in [-0.25, -0.2) is 4.98 Å². The van der Waals surface area contributed by atoms with Gasteiger partial charge >= 0.3 is 0 Å². The monoisotopic (exact) mass is 356 g/mol. The summed E-state index contributed by atoms with van der Waals surface area (Å²) < 4.78 is 11.3. The number of rotatable bonds is 4. The van der Waals surface area contributed by atoms with Crippen molar-refractivity contribution in [3.8, 4) is 11.5 Å². The Labute approximate surface area is 148 Å². The number of nitrogens with two attached hydrogens (primary N) is 1. The van der Waals surface area contributed by atoms with Gasteiger partial charge in [0, 0.05) is 11.6 Å². The molecule has 1 heterocycles. The first-order valence-corrected chi connectivity index (χ1v) is 8.15. The number of nitrogens with zero attached hydrogens (tertiary/aromatic N) is 2. The molecule has 3 rings (SSSR count). The van der Waals surface area contributed by atoms with Crippen LogP contribution >= 0.6 is 11.3 Å². The maximum Gasteiger partial charge on any atom is 0.258 e. The van der Waals surface area contributed by atoms with Crippen molar-refractivity contribution in [3.63, 3.8) is 0 Å². The normalized spacial score (nSPS) is 11.4.